The molecular formula is C9H8F3NO2. The Morgan fingerprint density at radius 1 is 1.47 bits per heavy atom. The minimum atomic E-state index is -4.67. The lowest BCUT2D eigenvalue weighted by Crippen LogP contribution is -2.21. The summed E-state index contributed by atoms with van der Waals surface area (Å²) in [5.41, 5.74) is -2.25. The third-order valence-corrected chi connectivity index (χ3v) is 1.65. The summed E-state index contributed by atoms with van der Waals surface area (Å²) in [6.07, 6.45) is -0.973. The Balaban J connectivity index is 3.17. The molecule has 0 atom stereocenters. The Morgan fingerprint density at radius 2 is 2.13 bits per heavy atom. The molecule has 1 aromatic heterocycles. The molecule has 15 heavy (non-hydrogen) atoms. The van der Waals surface area contributed by atoms with Crippen LogP contribution in [0.3, 0.4) is 0 Å². The molecule has 0 amide bonds. The molecule has 1 rings (SSSR count). The Morgan fingerprint density at radius 3 is 2.67 bits per heavy atom. The molecule has 0 saturated heterocycles. The molecule has 1 heterocycles. The smallest absolute Gasteiger partial charge is 0.392 e. The third kappa shape index (κ3) is 2.95. The standard InChI is InChI=1S/C9H8F3NO2/c10-9(11,12)7-4-6(2-1-3-14)5-13-8(7)15/h1-2,4-5,14H,3H2,(H,13,15). The van der Waals surface area contributed by atoms with Crippen molar-refractivity contribution in [2.24, 2.45) is 0 Å². The Hall–Kier alpha value is -1.56. The van der Waals surface area contributed by atoms with Gasteiger partial charge in [0.25, 0.3) is 5.56 Å². The summed E-state index contributed by atoms with van der Waals surface area (Å²) in [7, 11) is 0. The number of halogens is 3. The van der Waals surface area contributed by atoms with Crippen molar-refractivity contribution in [2.45, 2.75) is 6.18 Å². The van der Waals surface area contributed by atoms with Gasteiger partial charge in [-0.3, -0.25) is 4.79 Å². The fourth-order valence-corrected chi connectivity index (χ4v) is 0.996. The van der Waals surface area contributed by atoms with Crippen LogP contribution in [0, 0.1) is 0 Å². The predicted molar refractivity (Wildman–Crippen MR) is 48.2 cm³/mol. The zero-order chi connectivity index (χ0) is 11.5. The summed E-state index contributed by atoms with van der Waals surface area (Å²) >= 11 is 0. The maximum Gasteiger partial charge on any atom is 0.421 e. The van der Waals surface area contributed by atoms with E-state index in [0.717, 1.165) is 12.3 Å². The van der Waals surface area contributed by atoms with Crippen LogP contribution in [-0.4, -0.2) is 16.7 Å². The van der Waals surface area contributed by atoms with Crippen LogP contribution in [0.4, 0.5) is 13.2 Å². The van der Waals surface area contributed by atoms with Gasteiger partial charge in [-0.15, -0.1) is 0 Å². The first-order valence-electron chi connectivity index (χ1n) is 4.02. The predicted octanol–water partition coefficient (Wildman–Crippen LogP) is 1.40. The first-order valence-corrected chi connectivity index (χ1v) is 4.02. The molecule has 82 valence electrons. The molecule has 0 bridgehead atoms. The molecule has 0 fully saturated rings. The van der Waals surface area contributed by atoms with Crippen molar-refractivity contribution in [3.8, 4) is 0 Å². The van der Waals surface area contributed by atoms with Crippen LogP contribution >= 0.6 is 0 Å². The number of H-pyrrole nitrogens is 1. The van der Waals surface area contributed by atoms with E-state index in [1.54, 1.807) is 0 Å². The molecule has 1 aromatic rings. The first kappa shape index (κ1) is 11.5. The zero-order valence-corrected chi connectivity index (χ0v) is 7.51. The average molecular weight is 219 g/mol. The van der Waals surface area contributed by atoms with E-state index in [1.807, 2.05) is 4.98 Å². The number of aliphatic hydroxyl groups is 1. The summed E-state index contributed by atoms with van der Waals surface area (Å²) in [6, 6.07) is 0.727. The second-order valence-electron chi connectivity index (χ2n) is 2.76. The number of hydrogen-bond donors (Lipinski definition) is 2. The Kier molecular flexibility index (Phi) is 3.31. The molecule has 0 aliphatic heterocycles. The molecule has 0 aliphatic carbocycles. The molecule has 0 aromatic carbocycles. The van der Waals surface area contributed by atoms with Crippen molar-refractivity contribution in [2.75, 3.05) is 6.61 Å². The number of nitrogens with one attached hydrogen (secondary N) is 1. The number of aliphatic hydroxyl groups excluding tert-OH is 1. The zero-order valence-electron chi connectivity index (χ0n) is 7.51. The summed E-state index contributed by atoms with van der Waals surface area (Å²) < 4.78 is 36.8. The van der Waals surface area contributed by atoms with Crippen LogP contribution in [0.2, 0.25) is 0 Å². The van der Waals surface area contributed by atoms with Crippen LogP contribution in [-0.2, 0) is 6.18 Å². The van der Waals surface area contributed by atoms with Crippen molar-refractivity contribution in [1.29, 1.82) is 0 Å². The molecule has 3 nitrogen and oxygen atoms in total. The van der Waals surface area contributed by atoms with E-state index in [1.165, 1.54) is 12.2 Å². The lowest BCUT2D eigenvalue weighted by molar-refractivity contribution is -0.138. The van der Waals surface area contributed by atoms with E-state index in [9.17, 15) is 18.0 Å². The van der Waals surface area contributed by atoms with Crippen LogP contribution in [0.5, 0.6) is 0 Å². The van der Waals surface area contributed by atoms with Gasteiger partial charge in [0, 0.05) is 6.20 Å². The van der Waals surface area contributed by atoms with Gasteiger partial charge in [-0.25, -0.2) is 0 Å². The van der Waals surface area contributed by atoms with Crippen LogP contribution in [0.15, 0.2) is 23.1 Å². The number of rotatable bonds is 2. The topological polar surface area (TPSA) is 53.1 Å². The fraction of sp³-hybridized carbons (Fsp3) is 0.222. The molecular weight excluding hydrogens is 211 g/mol. The van der Waals surface area contributed by atoms with Crippen molar-refractivity contribution in [3.63, 3.8) is 0 Å². The van der Waals surface area contributed by atoms with Gasteiger partial charge in [0.2, 0.25) is 0 Å². The number of aromatic nitrogens is 1. The summed E-state index contributed by atoms with van der Waals surface area (Å²) in [6.45, 7) is -0.277. The Bertz CT molecular complexity index is 420. The van der Waals surface area contributed by atoms with Crippen LogP contribution < -0.4 is 5.56 Å². The van der Waals surface area contributed by atoms with E-state index >= 15 is 0 Å². The van der Waals surface area contributed by atoms with Gasteiger partial charge in [-0.05, 0) is 11.6 Å². The molecule has 6 heteroatoms. The van der Waals surface area contributed by atoms with Crippen molar-refractivity contribution < 1.29 is 18.3 Å². The largest absolute Gasteiger partial charge is 0.421 e. The number of pyridine rings is 1. The highest BCUT2D eigenvalue weighted by Gasteiger charge is 2.33. The van der Waals surface area contributed by atoms with Crippen LogP contribution in [0.1, 0.15) is 11.1 Å². The Labute approximate surface area is 82.9 Å². The van der Waals surface area contributed by atoms with Gasteiger partial charge < -0.3 is 10.1 Å². The van der Waals surface area contributed by atoms with E-state index < -0.39 is 17.3 Å². The average Bonchev–Trinajstić information content (AvgIpc) is 2.15. The number of hydrogen-bond acceptors (Lipinski definition) is 2. The molecule has 2 N–H and O–H groups in total. The van der Waals surface area contributed by atoms with Crippen LogP contribution in [0.25, 0.3) is 6.08 Å². The number of aromatic amines is 1. The molecule has 0 spiro atoms. The lowest BCUT2D eigenvalue weighted by atomic mass is 10.2. The summed E-state index contributed by atoms with van der Waals surface area (Å²) in [5, 5.41) is 8.43. The maximum atomic E-state index is 12.3. The highest BCUT2D eigenvalue weighted by molar-refractivity contribution is 5.49. The summed E-state index contributed by atoms with van der Waals surface area (Å²) in [4.78, 5) is 12.8. The van der Waals surface area contributed by atoms with Gasteiger partial charge in [-0.2, -0.15) is 13.2 Å². The first-order chi connectivity index (χ1) is 6.95. The van der Waals surface area contributed by atoms with Gasteiger partial charge in [0.1, 0.15) is 5.56 Å². The fourth-order valence-electron chi connectivity index (χ4n) is 0.996. The monoisotopic (exact) mass is 219 g/mol. The quantitative estimate of drug-likeness (QED) is 0.789. The van der Waals surface area contributed by atoms with Gasteiger partial charge in [0.15, 0.2) is 0 Å². The minimum Gasteiger partial charge on any atom is -0.392 e. The van der Waals surface area contributed by atoms with Gasteiger partial charge >= 0.3 is 6.18 Å². The highest BCUT2D eigenvalue weighted by atomic mass is 19.4. The van der Waals surface area contributed by atoms with E-state index in [-0.39, 0.29) is 12.2 Å². The third-order valence-electron chi connectivity index (χ3n) is 1.65. The van der Waals surface area contributed by atoms with Gasteiger partial charge in [-0.1, -0.05) is 12.2 Å². The second kappa shape index (κ2) is 4.31. The van der Waals surface area contributed by atoms with E-state index in [0.29, 0.717) is 0 Å². The van der Waals surface area contributed by atoms with Crippen molar-refractivity contribution in [3.05, 3.63) is 39.8 Å². The van der Waals surface area contributed by atoms with Gasteiger partial charge in [0.05, 0.1) is 6.61 Å². The summed E-state index contributed by atoms with van der Waals surface area (Å²) in [5.74, 6) is 0. The van der Waals surface area contributed by atoms with E-state index in [4.69, 9.17) is 5.11 Å². The van der Waals surface area contributed by atoms with Crippen molar-refractivity contribution >= 4 is 6.08 Å². The SMILES string of the molecule is O=c1[nH]cc(C=CCO)cc1C(F)(F)F. The van der Waals surface area contributed by atoms with Crippen molar-refractivity contribution in [1.82, 2.24) is 4.98 Å². The molecule has 0 radical (unpaired) electrons. The second-order valence-corrected chi connectivity index (χ2v) is 2.76. The number of alkyl halides is 3. The molecule has 0 saturated carbocycles. The normalized spacial score (nSPS) is 12.3. The highest BCUT2D eigenvalue weighted by Crippen LogP contribution is 2.26. The minimum absolute atomic E-state index is 0.177. The maximum absolute atomic E-state index is 12.3. The van der Waals surface area contributed by atoms with E-state index in [2.05, 4.69) is 0 Å². The molecule has 0 unspecified atom stereocenters. The lowest BCUT2D eigenvalue weighted by Gasteiger charge is -2.05. The molecule has 0 aliphatic rings.